The molecule has 0 saturated heterocycles. The number of benzene rings is 2. The molecule has 0 saturated carbocycles. The van der Waals surface area contributed by atoms with Crippen molar-refractivity contribution in [1.29, 1.82) is 0 Å². The predicted molar refractivity (Wildman–Crippen MR) is 68.3 cm³/mol. The van der Waals surface area contributed by atoms with Crippen molar-refractivity contribution < 1.29 is 14.2 Å². The Balaban J connectivity index is 2.36. The van der Waals surface area contributed by atoms with Crippen molar-refractivity contribution in [1.82, 2.24) is 0 Å². The zero-order chi connectivity index (χ0) is 13.1. The minimum Gasteiger partial charge on any atom is -0.454 e. The SMILES string of the molecule is Cc1ccc(Oc2c(F)cccc2[C@H](C)O)cc1. The van der Waals surface area contributed by atoms with Crippen molar-refractivity contribution in [2.45, 2.75) is 20.0 Å². The summed E-state index contributed by atoms with van der Waals surface area (Å²) in [5.74, 6) is 0.151. The van der Waals surface area contributed by atoms with E-state index in [1.165, 1.54) is 6.07 Å². The number of ether oxygens (including phenoxy) is 1. The maximum absolute atomic E-state index is 13.7. The number of para-hydroxylation sites is 1. The Bertz CT molecular complexity index is 533. The highest BCUT2D eigenvalue weighted by Crippen LogP contribution is 2.32. The molecule has 1 atom stereocenters. The average molecular weight is 246 g/mol. The van der Waals surface area contributed by atoms with Gasteiger partial charge in [0, 0.05) is 5.56 Å². The standard InChI is InChI=1S/C15H15FO2/c1-10-6-8-12(9-7-10)18-15-13(11(2)17)4-3-5-14(15)16/h3-9,11,17H,1-2H3/t11-/m0/s1. The Morgan fingerprint density at radius 1 is 1.11 bits per heavy atom. The van der Waals surface area contributed by atoms with Crippen molar-refractivity contribution in [3.8, 4) is 11.5 Å². The third-order valence-corrected chi connectivity index (χ3v) is 2.69. The first-order chi connectivity index (χ1) is 8.58. The normalized spacial score (nSPS) is 12.2. The van der Waals surface area contributed by atoms with Crippen LogP contribution >= 0.6 is 0 Å². The van der Waals surface area contributed by atoms with Gasteiger partial charge in [0.25, 0.3) is 0 Å². The molecule has 0 heterocycles. The van der Waals surface area contributed by atoms with Crippen molar-refractivity contribution >= 4 is 0 Å². The maximum atomic E-state index is 13.7. The Morgan fingerprint density at radius 3 is 2.39 bits per heavy atom. The van der Waals surface area contributed by atoms with E-state index in [1.54, 1.807) is 31.2 Å². The van der Waals surface area contributed by atoms with Crippen molar-refractivity contribution in [2.75, 3.05) is 0 Å². The first-order valence-corrected chi connectivity index (χ1v) is 5.79. The maximum Gasteiger partial charge on any atom is 0.168 e. The zero-order valence-corrected chi connectivity index (χ0v) is 10.4. The van der Waals surface area contributed by atoms with Gasteiger partial charge in [0.05, 0.1) is 6.10 Å². The van der Waals surface area contributed by atoms with Crippen LogP contribution in [0.2, 0.25) is 0 Å². The summed E-state index contributed by atoms with van der Waals surface area (Å²) >= 11 is 0. The van der Waals surface area contributed by atoms with Gasteiger partial charge in [-0.15, -0.1) is 0 Å². The molecular formula is C15H15FO2. The summed E-state index contributed by atoms with van der Waals surface area (Å²) in [6.07, 6.45) is -0.777. The molecule has 0 aromatic heterocycles. The molecule has 0 unspecified atom stereocenters. The smallest absolute Gasteiger partial charge is 0.168 e. The second-order valence-electron chi connectivity index (χ2n) is 4.25. The van der Waals surface area contributed by atoms with Gasteiger partial charge in [0.1, 0.15) is 5.75 Å². The van der Waals surface area contributed by atoms with Crippen LogP contribution in [0.1, 0.15) is 24.2 Å². The van der Waals surface area contributed by atoms with Crippen LogP contribution in [0.5, 0.6) is 11.5 Å². The van der Waals surface area contributed by atoms with E-state index < -0.39 is 11.9 Å². The lowest BCUT2D eigenvalue weighted by atomic mass is 10.1. The Labute approximate surface area is 106 Å². The molecule has 2 aromatic rings. The van der Waals surface area contributed by atoms with Crippen LogP contribution in [-0.4, -0.2) is 5.11 Å². The molecule has 0 amide bonds. The van der Waals surface area contributed by atoms with Gasteiger partial charge in [-0.05, 0) is 32.0 Å². The molecule has 18 heavy (non-hydrogen) atoms. The summed E-state index contributed by atoms with van der Waals surface area (Å²) in [6, 6.07) is 11.8. The molecule has 3 heteroatoms. The Kier molecular flexibility index (Phi) is 3.63. The zero-order valence-electron chi connectivity index (χ0n) is 10.4. The fourth-order valence-electron chi connectivity index (χ4n) is 1.69. The third-order valence-electron chi connectivity index (χ3n) is 2.69. The Morgan fingerprint density at radius 2 is 1.78 bits per heavy atom. The average Bonchev–Trinajstić information content (AvgIpc) is 2.34. The van der Waals surface area contributed by atoms with E-state index in [9.17, 15) is 9.50 Å². The van der Waals surface area contributed by atoms with Gasteiger partial charge in [0.15, 0.2) is 11.6 Å². The van der Waals surface area contributed by atoms with Crippen molar-refractivity contribution in [3.63, 3.8) is 0 Å². The number of halogens is 1. The van der Waals surface area contributed by atoms with E-state index in [1.807, 2.05) is 19.1 Å². The highest BCUT2D eigenvalue weighted by molar-refractivity contribution is 5.40. The second kappa shape index (κ2) is 5.19. The number of hydrogen-bond donors (Lipinski definition) is 1. The first kappa shape index (κ1) is 12.6. The molecule has 0 fully saturated rings. The number of rotatable bonds is 3. The quantitative estimate of drug-likeness (QED) is 0.887. The molecule has 0 aliphatic rings. The summed E-state index contributed by atoms with van der Waals surface area (Å²) in [5.41, 5.74) is 1.54. The molecule has 0 bridgehead atoms. The fourth-order valence-corrected chi connectivity index (χ4v) is 1.69. The van der Waals surface area contributed by atoms with Crippen LogP contribution in [0.15, 0.2) is 42.5 Å². The van der Waals surface area contributed by atoms with Gasteiger partial charge in [-0.25, -0.2) is 4.39 Å². The van der Waals surface area contributed by atoms with E-state index in [-0.39, 0.29) is 5.75 Å². The summed E-state index contributed by atoms with van der Waals surface area (Å²) in [4.78, 5) is 0. The topological polar surface area (TPSA) is 29.5 Å². The lowest BCUT2D eigenvalue weighted by Crippen LogP contribution is -1.98. The highest BCUT2D eigenvalue weighted by Gasteiger charge is 2.14. The molecular weight excluding hydrogens is 231 g/mol. The summed E-state index contributed by atoms with van der Waals surface area (Å²) in [6.45, 7) is 3.55. The molecule has 94 valence electrons. The molecule has 0 spiro atoms. The second-order valence-corrected chi connectivity index (χ2v) is 4.25. The predicted octanol–water partition coefficient (Wildman–Crippen LogP) is 3.98. The third kappa shape index (κ3) is 2.68. The van der Waals surface area contributed by atoms with Crippen molar-refractivity contribution in [2.24, 2.45) is 0 Å². The molecule has 2 rings (SSSR count). The number of aliphatic hydroxyl groups is 1. The number of aliphatic hydroxyl groups excluding tert-OH is 1. The van der Waals surface area contributed by atoms with Gasteiger partial charge < -0.3 is 9.84 Å². The summed E-state index contributed by atoms with van der Waals surface area (Å²) < 4.78 is 19.3. The van der Waals surface area contributed by atoms with Crippen LogP contribution in [0.4, 0.5) is 4.39 Å². The fraction of sp³-hybridized carbons (Fsp3) is 0.200. The first-order valence-electron chi connectivity index (χ1n) is 5.79. The van der Waals surface area contributed by atoms with Crippen LogP contribution < -0.4 is 4.74 Å². The van der Waals surface area contributed by atoms with E-state index in [0.29, 0.717) is 11.3 Å². The lowest BCUT2D eigenvalue weighted by molar-refractivity contribution is 0.194. The van der Waals surface area contributed by atoms with E-state index in [0.717, 1.165) is 5.56 Å². The largest absolute Gasteiger partial charge is 0.454 e. The van der Waals surface area contributed by atoms with Gasteiger partial charge in [0.2, 0.25) is 0 Å². The van der Waals surface area contributed by atoms with E-state index in [4.69, 9.17) is 4.74 Å². The number of aryl methyl sites for hydroxylation is 1. The molecule has 0 radical (unpaired) electrons. The highest BCUT2D eigenvalue weighted by atomic mass is 19.1. The van der Waals surface area contributed by atoms with E-state index >= 15 is 0 Å². The molecule has 1 N–H and O–H groups in total. The van der Waals surface area contributed by atoms with Crippen molar-refractivity contribution in [3.05, 3.63) is 59.4 Å². The van der Waals surface area contributed by atoms with Gasteiger partial charge in [-0.3, -0.25) is 0 Å². The van der Waals surface area contributed by atoms with Crippen LogP contribution in [0.25, 0.3) is 0 Å². The molecule has 0 aliphatic heterocycles. The lowest BCUT2D eigenvalue weighted by Gasteiger charge is -2.13. The van der Waals surface area contributed by atoms with Crippen LogP contribution in [0, 0.1) is 12.7 Å². The molecule has 0 aliphatic carbocycles. The molecule has 2 aromatic carbocycles. The van der Waals surface area contributed by atoms with Crippen LogP contribution in [0.3, 0.4) is 0 Å². The monoisotopic (exact) mass is 246 g/mol. The summed E-state index contributed by atoms with van der Waals surface area (Å²) in [7, 11) is 0. The van der Waals surface area contributed by atoms with Gasteiger partial charge in [-0.1, -0.05) is 29.8 Å². The van der Waals surface area contributed by atoms with Gasteiger partial charge in [-0.2, -0.15) is 0 Å². The van der Waals surface area contributed by atoms with E-state index in [2.05, 4.69) is 0 Å². The van der Waals surface area contributed by atoms with Crippen LogP contribution in [-0.2, 0) is 0 Å². The minimum atomic E-state index is -0.777. The Hall–Kier alpha value is -1.87. The number of hydrogen-bond acceptors (Lipinski definition) is 2. The summed E-state index contributed by atoms with van der Waals surface area (Å²) in [5, 5.41) is 9.60. The molecule has 2 nitrogen and oxygen atoms in total. The van der Waals surface area contributed by atoms with Gasteiger partial charge >= 0.3 is 0 Å². The minimum absolute atomic E-state index is 0.0800.